The molecule has 3 aromatic rings. The van der Waals surface area contributed by atoms with Gasteiger partial charge in [0.25, 0.3) is 0 Å². The molecule has 0 atom stereocenters. The molecule has 0 unspecified atom stereocenters. The van der Waals surface area contributed by atoms with Crippen molar-refractivity contribution in [3.05, 3.63) is 144 Å². The highest BCUT2D eigenvalue weighted by Gasteiger charge is 2.26. The van der Waals surface area contributed by atoms with Gasteiger partial charge in [-0.05, 0) is 85.4 Å². The van der Waals surface area contributed by atoms with Gasteiger partial charge in [0.15, 0.2) is 0 Å². The van der Waals surface area contributed by atoms with E-state index in [2.05, 4.69) is 131 Å². The summed E-state index contributed by atoms with van der Waals surface area (Å²) >= 11 is 0. The maximum atomic E-state index is 4.09. The molecule has 0 amide bonds. The standard InChI is InChI=1S/C33H37N.C2H6/c1-7-10-12-16-27-20-23-30(24-21-27)34(29(9-3)15-8-2)31-22-19-26(4)32(25-31)33(5,6)28-17-13-11-14-18-28;1-2/h7-11,13-15,17-25H,2-3,12,16H2,1,4-6H3;1-2H3/b10-7+,29-15+;. The lowest BCUT2D eigenvalue weighted by molar-refractivity contribution is 0.636. The van der Waals surface area contributed by atoms with E-state index in [0.717, 1.165) is 29.9 Å². The van der Waals surface area contributed by atoms with Gasteiger partial charge in [0.1, 0.15) is 0 Å². The molecule has 1 nitrogen and oxygen atoms in total. The van der Waals surface area contributed by atoms with Gasteiger partial charge in [-0.3, -0.25) is 0 Å². The van der Waals surface area contributed by atoms with Crippen molar-refractivity contribution in [1.29, 1.82) is 0 Å². The number of rotatable bonds is 10. The van der Waals surface area contributed by atoms with Gasteiger partial charge >= 0.3 is 0 Å². The second-order valence-corrected chi connectivity index (χ2v) is 9.13. The smallest absolute Gasteiger partial charge is 0.0464 e. The van der Waals surface area contributed by atoms with Crippen molar-refractivity contribution in [2.24, 2.45) is 0 Å². The molecule has 36 heavy (non-hydrogen) atoms. The number of allylic oxidation sites excluding steroid dienone is 5. The van der Waals surface area contributed by atoms with Crippen LogP contribution in [0.1, 0.15) is 63.3 Å². The van der Waals surface area contributed by atoms with Crippen LogP contribution in [0.15, 0.2) is 122 Å². The second kappa shape index (κ2) is 14.1. The number of anilines is 2. The number of nitrogens with zero attached hydrogens (tertiary/aromatic N) is 1. The lowest BCUT2D eigenvalue weighted by Crippen LogP contribution is -2.22. The average Bonchev–Trinajstić information content (AvgIpc) is 2.91. The number of aryl methyl sites for hydroxylation is 2. The van der Waals surface area contributed by atoms with Crippen molar-refractivity contribution >= 4 is 11.4 Å². The first-order chi connectivity index (χ1) is 17.4. The van der Waals surface area contributed by atoms with Crippen LogP contribution in [0.25, 0.3) is 0 Å². The molecule has 0 aromatic heterocycles. The Bertz CT molecular complexity index is 1160. The molecule has 0 heterocycles. The Morgan fingerprint density at radius 1 is 0.889 bits per heavy atom. The minimum Gasteiger partial charge on any atom is -0.311 e. The van der Waals surface area contributed by atoms with Gasteiger partial charge < -0.3 is 4.90 Å². The van der Waals surface area contributed by atoms with Gasteiger partial charge in [0.05, 0.1) is 0 Å². The quantitative estimate of drug-likeness (QED) is 0.207. The minimum atomic E-state index is -0.125. The third-order valence-corrected chi connectivity index (χ3v) is 6.43. The Morgan fingerprint density at radius 2 is 1.53 bits per heavy atom. The van der Waals surface area contributed by atoms with Gasteiger partial charge in [-0.2, -0.15) is 0 Å². The van der Waals surface area contributed by atoms with E-state index in [1.807, 2.05) is 32.1 Å². The van der Waals surface area contributed by atoms with Gasteiger partial charge in [-0.1, -0.05) is 108 Å². The second-order valence-electron chi connectivity index (χ2n) is 9.13. The molecule has 0 fully saturated rings. The number of benzene rings is 3. The maximum Gasteiger partial charge on any atom is 0.0464 e. The topological polar surface area (TPSA) is 3.24 Å². The molecule has 0 saturated carbocycles. The Kier molecular flexibility index (Phi) is 11.2. The fourth-order valence-electron chi connectivity index (χ4n) is 4.46. The van der Waals surface area contributed by atoms with E-state index in [0.29, 0.717) is 0 Å². The third-order valence-electron chi connectivity index (χ3n) is 6.43. The van der Waals surface area contributed by atoms with E-state index in [1.54, 1.807) is 0 Å². The van der Waals surface area contributed by atoms with Crippen molar-refractivity contribution < 1.29 is 0 Å². The molecule has 0 saturated heterocycles. The Hall–Kier alpha value is -3.58. The zero-order chi connectivity index (χ0) is 26.6. The van der Waals surface area contributed by atoms with Crippen LogP contribution in [-0.2, 0) is 11.8 Å². The highest BCUT2D eigenvalue weighted by atomic mass is 15.1. The van der Waals surface area contributed by atoms with Crippen LogP contribution >= 0.6 is 0 Å². The molecule has 3 aromatic carbocycles. The van der Waals surface area contributed by atoms with Gasteiger partial charge in [0.2, 0.25) is 0 Å². The van der Waals surface area contributed by atoms with Crippen LogP contribution in [0.3, 0.4) is 0 Å². The van der Waals surface area contributed by atoms with Crippen molar-refractivity contribution in [1.82, 2.24) is 0 Å². The summed E-state index contributed by atoms with van der Waals surface area (Å²) in [5.74, 6) is 0. The highest BCUT2D eigenvalue weighted by Crippen LogP contribution is 2.38. The SMILES string of the molecule is C=C/C=C(\C=C)N(c1ccc(CC/C=C/C)cc1)c1ccc(C)c(C(C)(C)c2ccccc2)c1.CC. The number of hydrogen-bond donors (Lipinski definition) is 0. The minimum absolute atomic E-state index is 0.125. The number of hydrogen-bond acceptors (Lipinski definition) is 1. The zero-order valence-corrected chi connectivity index (χ0v) is 23.1. The van der Waals surface area contributed by atoms with Crippen molar-refractivity contribution in [3.8, 4) is 0 Å². The largest absolute Gasteiger partial charge is 0.311 e. The third kappa shape index (κ3) is 6.98. The Labute approximate surface area is 220 Å². The average molecular weight is 478 g/mol. The predicted octanol–water partition coefficient (Wildman–Crippen LogP) is 10.2. The lowest BCUT2D eigenvalue weighted by Gasteiger charge is -2.32. The molecular formula is C35H43N. The van der Waals surface area contributed by atoms with Crippen LogP contribution in [0.4, 0.5) is 11.4 Å². The van der Waals surface area contributed by atoms with E-state index >= 15 is 0 Å². The van der Waals surface area contributed by atoms with Crippen molar-refractivity contribution in [2.45, 2.75) is 59.8 Å². The first-order valence-electron chi connectivity index (χ1n) is 13.0. The summed E-state index contributed by atoms with van der Waals surface area (Å²) in [6, 6.07) is 26.3. The van der Waals surface area contributed by atoms with Gasteiger partial charge in [-0.25, -0.2) is 0 Å². The van der Waals surface area contributed by atoms with Crippen LogP contribution in [0.5, 0.6) is 0 Å². The summed E-state index contributed by atoms with van der Waals surface area (Å²) in [4.78, 5) is 2.26. The van der Waals surface area contributed by atoms with Crippen LogP contribution in [0.2, 0.25) is 0 Å². The summed E-state index contributed by atoms with van der Waals surface area (Å²) in [5.41, 5.74) is 8.32. The van der Waals surface area contributed by atoms with Crippen LogP contribution in [-0.4, -0.2) is 0 Å². The first kappa shape index (κ1) is 28.7. The fraction of sp³-hybridized carbons (Fsp3) is 0.257. The molecule has 188 valence electrons. The molecule has 0 N–H and O–H groups in total. The Morgan fingerprint density at radius 3 is 2.11 bits per heavy atom. The fourth-order valence-corrected chi connectivity index (χ4v) is 4.46. The molecule has 0 radical (unpaired) electrons. The molecular weight excluding hydrogens is 434 g/mol. The summed E-state index contributed by atoms with van der Waals surface area (Å²) in [7, 11) is 0. The van der Waals surface area contributed by atoms with E-state index < -0.39 is 0 Å². The van der Waals surface area contributed by atoms with Crippen molar-refractivity contribution in [2.75, 3.05) is 4.90 Å². The molecule has 1 heteroatoms. The predicted molar refractivity (Wildman–Crippen MR) is 161 cm³/mol. The molecule has 0 aliphatic heterocycles. The molecule has 0 aliphatic rings. The van der Waals surface area contributed by atoms with Crippen LogP contribution < -0.4 is 4.90 Å². The maximum absolute atomic E-state index is 4.09. The van der Waals surface area contributed by atoms with Gasteiger partial charge in [-0.15, -0.1) is 0 Å². The lowest BCUT2D eigenvalue weighted by atomic mass is 9.76. The molecule has 0 aliphatic carbocycles. The van der Waals surface area contributed by atoms with Crippen LogP contribution in [0, 0.1) is 6.92 Å². The summed E-state index contributed by atoms with van der Waals surface area (Å²) in [6.07, 6.45) is 12.1. The molecule has 0 bridgehead atoms. The van der Waals surface area contributed by atoms with E-state index in [1.165, 1.54) is 22.3 Å². The van der Waals surface area contributed by atoms with Crippen molar-refractivity contribution in [3.63, 3.8) is 0 Å². The molecule has 0 spiro atoms. The zero-order valence-electron chi connectivity index (χ0n) is 23.1. The molecule has 3 rings (SSSR count). The summed E-state index contributed by atoms with van der Waals surface area (Å²) < 4.78 is 0. The monoisotopic (exact) mass is 477 g/mol. The highest BCUT2D eigenvalue weighted by molar-refractivity contribution is 5.72. The normalized spacial score (nSPS) is 11.6. The summed E-state index contributed by atoms with van der Waals surface area (Å²) in [6.45, 7) is 20.9. The van der Waals surface area contributed by atoms with E-state index in [4.69, 9.17) is 0 Å². The summed E-state index contributed by atoms with van der Waals surface area (Å²) in [5, 5.41) is 0. The van der Waals surface area contributed by atoms with E-state index in [-0.39, 0.29) is 5.41 Å². The Balaban J connectivity index is 0.00000222. The van der Waals surface area contributed by atoms with Gasteiger partial charge in [0, 0.05) is 22.5 Å². The first-order valence-corrected chi connectivity index (χ1v) is 13.0. The van der Waals surface area contributed by atoms with E-state index in [9.17, 15) is 0 Å².